The number of benzene rings is 2. The number of rotatable bonds is 5. The van der Waals surface area contributed by atoms with E-state index in [1.54, 1.807) is 48.2 Å². The summed E-state index contributed by atoms with van der Waals surface area (Å²) in [5.74, 6) is -0.366. The highest BCUT2D eigenvalue weighted by atomic mass is 32.2. The van der Waals surface area contributed by atoms with E-state index >= 15 is 0 Å². The van der Waals surface area contributed by atoms with Crippen molar-refractivity contribution in [2.45, 2.75) is 64.0 Å². The van der Waals surface area contributed by atoms with Crippen molar-refractivity contribution in [2.24, 2.45) is 0 Å². The first-order valence-electron chi connectivity index (χ1n) is 11.3. The molecule has 34 heavy (non-hydrogen) atoms. The fourth-order valence-corrected chi connectivity index (χ4v) is 5.17. The van der Waals surface area contributed by atoms with E-state index in [1.165, 1.54) is 0 Å². The normalized spacial score (nSPS) is 15.0. The maximum atomic E-state index is 13.0. The number of aryl methyl sites for hydroxylation is 2. The number of para-hydroxylation sites is 1. The number of carbonyl (C=O) groups is 2. The highest BCUT2D eigenvalue weighted by molar-refractivity contribution is 7.92. The summed E-state index contributed by atoms with van der Waals surface area (Å²) in [7, 11) is -3.88. The smallest absolute Gasteiger partial charge is 0.410 e. The van der Waals surface area contributed by atoms with E-state index in [4.69, 9.17) is 4.74 Å². The fourth-order valence-electron chi connectivity index (χ4n) is 3.76. The number of ether oxygens (including phenoxy) is 1. The molecule has 1 fully saturated rings. The summed E-state index contributed by atoms with van der Waals surface area (Å²) in [5.41, 5.74) is 1.35. The maximum Gasteiger partial charge on any atom is 0.410 e. The van der Waals surface area contributed by atoms with Gasteiger partial charge in [0.1, 0.15) is 5.60 Å². The van der Waals surface area contributed by atoms with Gasteiger partial charge in [-0.1, -0.05) is 24.3 Å². The molecular weight excluding hydrogens is 454 g/mol. The standard InChI is InChI=1S/C25H33N3O5S/c1-17-10-11-18(2)22(16-17)34(31,32)27-21-9-7-6-8-20(21)23(29)26-19-12-14-28(15-13-19)24(30)33-25(3,4)5/h6-11,16,19,27H,12-15H2,1-5H3,(H,26,29). The Bertz CT molecular complexity index is 1160. The molecule has 9 heteroatoms. The van der Waals surface area contributed by atoms with Crippen LogP contribution >= 0.6 is 0 Å². The zero-order chi connectivity index (χ0) is 25.1. The molecule has 3 rings (SSSR count). The Morgan fingerprint density at radius 3 is 2.32 bits per heavy atom. The van der Waals surface area contributed by atoms with Crippen LogP contribution in [0, 0.1) is 13.8 Å². The molecule has 0 aromatic heterocycles. The molecule has 0 atom stereocenters. The molecule has 2 N–H and O–H groups in total. The molecule has 0 unspecified atom stereocenters. The van der Waals surface area contributed by atoms with Crippen LogP contribution in [0.3, 0.4) is 0 Å². The van der Waals surface area contributed by atoms with Gasteiger partial charge < -0.3 is 15.0 Å². The van der Waals surface area contributed by atoms with Crippen LogP contribution in [0.15, 0.2) is 47.4 Å². The molecule has 8 nitrogen and oxygen atoms in total. The first kappa shape index (κ1) is 25.6. The van der Waals surface area contributed by atoms with Crippen molar-refractivity contribution in [3.05, 3.63) is 59.2 Å². The van der Waals surface area contributed by atoms with Crippen LogP contribution in [-0.4, -0.2) is 50.1 Å². The lowest BCUT2D eigenvalue weighted by atomic mass is 10.0. The lowest BCUT2D eigenvalue weighted by molar-refractivity contribution is 0.0199. The van der Waals surface area contributed by atoms with E-state index in [0.29, 0.717) is 31.5 Å². The molecule has 2 aromatic rings. The topological polar surface area (TPSA) is 105 Å². The first-order chi connectivity index (χ1) is 15.9. The molecule has 0 saturated carbocycles. The lowest BCUT2D eigenvalue weighted by Gasteiger charge is -2.33. The van der Waals surface area contributed by atoms with Gasteiger partial charge in [-0.05, 0) is 76.8 Å². The predicted molar refractivity (Wildman–Crippen MR) is 131 cm³/mol. The molecule has 184 valence electrons. The van der Waals surface area contributed by atoms with Gasteiger partial charge in [0.15, 0.2) is 0 Å². The van der Waals surface area contributed by atoms with Crippen LogP contribution in [0.4, 0.5) is 10.5 Å². The van der Waals surface area contributed by atoms with Crippen molar-refractivity contribution in [2.75, 3.05) is 17.8 Å². The minimum Gasteiger partial charge on any atom is -0.444 e. The van der Waals surface area contributed by atoms with Crippen LogP contribution in [0.1, 0.15) is 55.1 Å². The highest BCUT2D eigenvalue weighted by Gasteiger charge is 2.28. The molecule has 1 aliphatic heterocycles. The molecule has 1 aliphatic rings. The van der Waals surface area contributed by atoms with Crippen molar-refractivity contribution in [1.82, 2.24) is 10.2 Å². The van der Waals surface area contributed by atoms with Gasteiger partial charge in [-0.15, -0.1) is 0 Å². The largest absolute Gasteiger partial charge is 0.444 e. The van der Waals surface area contributed by atoms with Gasteiger partial charge in [-0.3, -0.25) is 9.52 Å². The number of hydrogen-bond acceptors (Lipinski definition) is 5. The van der Waals surface area contributed by atoms with Crippen LogP contribution < -0.4 is 10.0 Å². The maximum absolute atomic E-state index is 13.0. The number of amides is 2. The van der Waals surface area contributed by atoms with Gasteiger partial charge in [0.25, 0.3) is 15.9 Å². The molecule has 0 radical (unpaired) electrons. The molecular formula is C25H33N3O5S. The van der Waals surface area contributed by atoms with Crippen LogP contribution in [0.5, 0.6) is 0 Å². The molecule has 0 bridgehead atoms. The van der Waals surface area contributed by atoms with Gasteiger partial charge in [-0.2, -0.15) is 0 Å². The van der Waals surface area contributed by atoms with Crippen LogP contribution in [0.25, 0.3) is 0 Å². The van der Waals surface area contributed by atoms with Crippen molar-refractivity contribution >= 4 is 27.7 Å². The van der Waals surface area contributed by atoms with Crippen molar-refractivity contribution < 1.29 is 22.7 Å². The van der Waals surface area contributed by atoms with Gasteiger partial charge in [0, 0.05) is 19.1 Å². The molecule has 1 saturated heterocycles. The van der Waals surface area contributed by atoms with E-state index in [1.807, 2.05) is 33.8 Å². The summed E-state index contributed by atoms with van der Waals surface area (Å²) in [6.07, 6.45) is 0.811. The van der Waals surface area contributed by atoms with Crippen LogP contribution in [-0.2, 0) is 14.8 Å². The zero-order valence-corrected chi connectivity index (χ0v) is 21.2. The quantitative estimate of drug-likeness (QED) is 0.657. The summed E-state index contributed by atoms with van der Waals surface area (Å²) >= 11 is 0. The molecule has 0 spiro atoms. The Morgan fingerprint density at radius 2 is 1.68 bits per heavy atom. The van der Waals surface area contributed by atoms with Gasteiger partial charge in [-0.25, -0.2) is 13.2 Å². The number of nitrogens with one attached hydrogen (secondary N) is 2. The molecule has 2 aromatic carbocycles. The van der Waals surface area contributed by atoms with Crippen LogP contribution in [0.2, 0.25) is 0 Å². The minimum atomic E-state index is -3.88. The van der Waals surface area contributed by atoms with E-state index < -0.39 is 15.6 Å². The Hall–Kier alpha value is -3.07. The van der Waals surface area contributed by atoms with Gasteiger partial charge in [0.2, 0.25) is 0 Å². The monoisotopic (exact) mass is 487 g/mol. The second kappa shape index (κ2) is 10.0. The third-order valence-corrected chi connectivity index (χ3v) is 7.04. The predicted octanol–water partition coefficient (Wildman–Crippen LogP) is 4.23. The number of anilines is 1. The zero-order valence-electron chi connectivity index (χ0n) is 20.3. The third-order valence-electron chi connectivity index (χ3n) is 5.53. The summed E-state index contributed by atoms with van der Waals surface area (Å²) < 4.78 is 34.1. The average molecular weight is 488 g/mol. The molecule has 2 amide bonds. The summed E-state index contributed by atoms with van der Waals surface area (Å²) in [6, 6.07) is 11.6. The SMILES string of the molecule is Cc1ccc(C)c(S(=O)(=O)Nc2ccccc2C(=O)NC2CCN(C(=O)OC(C)(C)C)CC2)c1. The molecule has 0 aliphatic carbocycles. The Balaban J connectivity index is 1.67. The lowest BCUT2D eigenvalue weighted by Crippen LogP contribution is -2.47. The van der Waals surface area contributed by atoms with Gasteiger partial charge in [0.05, 0.1) is 16.1 Å². The van der Waals surface area contributed by atoms with Crippen molar-refractivity contribution in [3.63, 3.8) is 0 Å². The number of likely N-dealkylation sites (tertiary alicyclic amines) is 1. The Kier molecular flexibility index (Phi) is 7.55. The number of piperidine rings is 1. The second-order valence-corrected chi connectivity index (χ2v) is 11.3. The van der Waals surface area contributed by atoms with Crippen molar-refractivity contribution in [3.8, 4) is 0 Å². The number of carbonyl (C=O) groups excluding carboxylic acids is 2. The van der Waals surface area contributed by atoms with E-state index in [-0.39, 0.29) is 34.2 Å². The minimum absolute atomic E-state index is 0.130. The number of hydrogen-bond donors (Lipinski definition) is 2. The Labute approximate surface area is 201 Å². The molecule has 1 heterocycles. The second-order valence-electron chi connectivity index (χ2n) is 9.64. The van der Waals surface area contributed by atoms with Gasteiger partial charge >= 0.3 is 6.09 Å². The van der Waals surface area contributed by atoms with E-state index in [2.05, 4.69) is 10.0 Å². The fraction of sp³-hybridized carbons (Fsp3) is 0.440. The summed E-state index contributed by atoms with van der Waals surface area (Å²) in [4.78, 5) is 27.1. The van der Waals surface area contributed by atoms with E-state index in [9.17, 15) is 18.0 Å². The summed E-state index contributed by atoms with van der Waals surface area (Å²) in [5, 5.41) is 2.98. The third kappa shape index (κ3) is 6.50. The number of nitrogens with zero attached hydrogens (tertiary/aromatic N) is 1. The van der Waals surface area contributed by atoms with Crippen molar-refractivity contribution in [1.29, 1.82) is 0 Å². The first-order valence-corrected chi connectivity index (χ1v) is 12.8. The Morgan fingerprint density at radius 1 is 1.03 bits per heavy atom. The van der Waals surface area contributed by atoms with E-state index in [0.717, 1.165) is 5.56 Å². The highest BCUT2D eigenvalue weighted by Crippen LogP contribution is 2.24. The summed E-state index contributed by atoms with van der Waals surface area (Å²) in [6.45, 7) is 9.98. The average Bonchev–Trinajstić information content (AvgIpc) is 2.74. The number of sulfonamides is 1.